The first kappa shape index (κ1) is 16.6. The average Bonchev–Trinajstić information content (AvgIpc) is 3.03. The van der Waals surface area contributed by atoms with E-state index >= 15 is 0 Å². The topological polar surface area (TPSA) is 65.1 Å². The van der Waals surface area contributed by atoms with Gasteiger partial charge in [-0.15, -0.1) is 0 Å². The zero-order chi connectivity index (χ0) is 18.1. The van der Waals surface area contributed by atoms with Crippen LogP contribution < -0.4 is 0 Å². The highest BCUT2D eigenvalue weighted by Gasteiger charge is 2.70. The number of ether oxygens (including phenoxy) is 3. The second-order valence-electron chi connectivity index (χ2n) is 7.82. The van der Waals surface area contributed by atoms with Crippen LogP contribution in [0, 0.1) is 11.8 Å². The van der Waals surface area contributed by atoms with E-state index in [1.165, 1.54) is 11.1 Å². The molecule has 0 aromatic rings. The molecule has 25 heavy (non-hydrogen) atoms. The van der Waals surface area contributed by atoms with Crippen LogP contribution in [0.2, 0.25) is 0 Å². The van der Waals surface area contributed by atoms with Crippen molar-refractivity contribution in [2.24, 2.45) is 11.8 Å². The molecule has 5 nitrogen and oxygen atoms in total. The van der Waals surface area contributed by atoms with Crippen molar-refractivity contribution in [1.29, 1.82) is 0 Å². The summed E-state index contributed by atoms with van der Waals surface area (Å²) in [5.41, 5.74) is 3.21. The monoisotopic (exact) mass is 344 g/mol. The number of carbonyl (C=O) groups excluding carboxylic acids is 2. The lowest BCUT2D eigenvalue weighted by Gasteiger charge is -2.30. The van der Waals surface area contributed by atoms with Crippen LogP contribution in [0.1, 0.15) is 40.5 Å². The molecule has 6 atom stereocenters. The van der Waals surface area contributed by atoms with Crippen LogP contribution in [-0.4, -0.2) is 35.9 Å². The molecule has 0 aromatic carbocycles. The SMILES string of the molecule is C=C1C(=O)O[C@H]2[C@@H]1[C@@H](OC(=O)/C(C)=C\C)CC(C)=C1C[C@@H]3O[C@]3(C)[C@H]12. The number of rotatable bonds is 2. The van der Waals surface area contributed by atoms with E-state index in [-0.39, 0.29) is 41.6 Å². The van der Waals surface area contributed by atoms with Crippen LogP contribution in [0.4, 0.5) is 0 Å². The fraction of sp³-hybridized carbons (Fsp3) is 0.600. The van der Waals surface area contributed by atoms with E-state index in [4.69, 9.17) is 14.2 Å². The third kappa shape index (κ3) is 2.25. The van der Waals surface area contributed by atoms with Crippen molar-refractivity contribution in [2.45, 2.75) is 64.4 Å². The lowest BCUT2D eigenvalue weighted by Crippen LogP contribution is -2.40. The summed E-state index contributed by atoms with van der Waals surface area (Å²) in [6.07, 6.45) is 2.60. The summed E-state index contributed by atoms with van der Waals surface area (Å²) >= 11 is 0. The van der Waals surface area contributed by atoms with E-state index < -0.39 is 6.10 Å². The van der Waals surface area contributed by atoms with Crippen molar-refractivity contribution < 1.29 is 23.8 Å². The molecule has 2 aliphatic heterocycles. The molecular weight excluding hydrogens is 320 g/mol. The van der Waals surface area contributed by atoms with Crippen molar-refractivity contribution in [2.75, 3.05) is 0 Å². The van der Waals surface area contributed by atoms with E-state index in [2.05, 4.69) is 20.4 Å². The standard InChI is InChI=1S/C20H24O5/c1-6-9(2)18(21)23-13-7-10(3)12-8-14-20(5,25-14)16(12)17-15(13)11(4)19(22)24-17/h6,13-17H,4,7-8H2,1-3,5H3/b9-6-/t13-,14-,15-,16+,17-,20-/m0/s1. The quantitative estimate of drug-likeness (QED) is 0.334. The van der Waals surface area contributed by atoms with Crippen LogP contribution >= 0.6 is 0 Å². The number of hydrogen-bond donors (Lipinski definition) is 0. The Hall–Kier alpha value is -1.88. The first-order valence-corrected chi connectivity index (χ1v) is 8.88. The summed E-state index contributed by atoms with van der Waals surface area (Å²) in [5, 5.41) is 0. The van der Waals surface area contributed by atoms with Crippen LogP contribution in [-0.2, 0) is 23.8 Å². The van der Waals surface area contributed by atoms with Crippen LogP contribution in [0.3, 0.4) is 0 Å². The van der Waals surface area contributed by atoms with Crippen molar-refractivity contribution in [1.82, 2.24) is 0 Å². The largest absolute Gasteiger partial charge is 0.458 e. The maximum absolute atomic E-state index is 12.3. The van der Waals surface area contributed by atoms with Crippen molar-refractivity contribution in [3.05, 3.63) is 34.9 Å². The third-order valence-electron chi connectivity index (χ3n) is 6.44. The molecule has 3 fully saturated rings. The highest BCUT2D eigenvalue weighted by Crippen LogP contribution is 2.62. The van der Waals surface area contributed by atoms with E-state index in [0.29, 0.717) is 17.6 Å². The van der Waals surface area contributed by atoms with Gasteiger partial charge in [0.2, 0.25) is 0 Å². The zero-order valence-corrected chi connectivity index (χ0v) is 15.1. The molecule has 0 aromatic heterocycles. The minimum absolute atomic E-state index is 0.0252. The predicted octanol–water partition coefficient (Wildman–Crippen LogP) is 2.86. The Morgan fingerprint density at radius 1 is 1.40 bits per heavy atom. The minimum Gasteiger partial charge on any atom is -0.458 e. The molecule has 5 heteroatoms. The molecule has 0 spiro atoms. The maximum atomic E-state index is 12.3. The highest BCUT2D eigenvalue weighted by molar-refractivity contribution is 5.92. The molecule has 0 bridgehead atoms. The number of allylic oxidation sites excluding steroid dienone is 1. The number of hydrogen-bond acceptors (Lipinski definition) is 5. The lowest BCUT2D eigenvalue weighted by atomic mass is 9.80. The second kappa shape index (κ2) is 5.31. The number of fused-ring (bicyclic) bond motifs is 5. The molecule has 1 saturated carbocycles. The van der Waals surface area contributed by atoms with E-state index in [1.54, 1.807) is 19.9 Å². The van der Waals surface area contributed by atoms with Gasteiger partial charge in [0.05, 0.1) is 12.0 Å². The van der Waals surface area contributed by atoms with Gasteiger partial charge in [0.25, 0.3) is 0 Å². The summed E-state index contributed by atoms with van der Waals surface area (Å²) in [6, 6.07) is 0. The highest BCUT2D eigenvalue weighted by atomic mass is 16.6. The van der Waals surface area contributed by atoms with Gasteiger partial charge in [-0.1, -0.05) is 23.8 Å². The van der Waals surface area contributed by atoms with E-state index in [9.17, 15) is 9.59 Å². The Kier molecular flexibility index (Phi) is 3.52. The van der Waals surface area contributed by atoms with Crippen LogP contribution in [0.25, 0.3) is 0 Å². The molecule has 0 radical (unpaired) electrons. The fourth-order valence-electron chi connectivity index (χ4n) is 4.77. The Balaban J connectivity index is 1.73. The van der Waals surface area contributed by atoms with Gasteiger partial charge in [-0.05, 0) is 34.1 Å². The number of epoxide rings is 1. The molecular formula is C20H24O5. The average molecular weight is 344 g/mol. The van der Waals surface area contributed by atoms with Gasteiger partial charge < -0.3 is 14.2 Å². The molecule has 2 aliphatic carbocycles. The second-order valence-corrected chi connectivity index (χ2v) is 7.82. The molecule has 0 N–H and O–H groups in total. The van der Waals surface area contributed by atoms with Crippen LogP contribution in [0.15, 0.2) is 34.9 Å². The van der Waals surface area contributed by atoms with Crippen LogP contribution in [0.5, 0.6) is 0 Å². The predicted molar refractivity (Wildman–Crippen MR) is 90.5 cm³/mol. The Labute approximate surface area is 147 Å². The van der Waals surface area contributed by atoms with Gasteiger partial charge in [0.15, 0.2) is 0 Å². The minimum atomic E-state index is -0.440. The molecule has 2 saturated heterocycles. The molecule has 134 valence electrons. The smallest absolute Gasteiger partial charge is 0.334 e. The summed E-state index contributed by atoms with van der Waals surface area (Å²) in [6.45, 7) is 11.7. The van der Waals surface area contributed by atoms with E-state index in [0.717, 1.165) is 6.42 Å². The van der Waals surface area contributed by atoms with Gasteiger partial charge >= 0.3 is 11.9 Å². The zero-order valence-electron chi connectivity index (χ0n) is 15.1. The van der Waals surface area contributed by atoms with Crippen molar-refractivity contribution >= 4 is 11.9 Å². The van der Waals surface area contributed by atoms with Gasteiger partial charge in [0, 0.05) is 23.5 Å². The maximum Gasteiger partial charge on any atom is 0.334 e. The third-order valence-corrected chi connectivity index (χ3v) is 6.44. The van der Waals surface area contributed by atoms with Gasteiger partial charge in [-0.25, -0.2) is 9.59 Å². The molecule has 4 aliphatic rings. The van der Waals surface area contributed by atoms with Crippen molar-refractivity contribution in [3.63, 3.8) is 0 Å². The first-order valence-electron chi connectivity index (χ1n) is 8.88. The first-order chi connectivity index (χ1) is 11.8. The Morgan fingerprint density at radius 3 is 2.80 bits per heavy atom. The molecule has 0 amide bonds. The fourth-order valence-corrected chi connectivity index (χ4v) is 4.77. The Morgan fingerprint density at radius 2 is 2.12 bits per heavy atom. The van der Waals surface area contributed by atoms with Gasteiger partial charge in [0.1, 0.15) is 17.8 Å². The molecule has 2 heterocycles. The normalized spacial score (nSPS) is 42.4. The number of esters is 2. The van der Waals surface area contributed by atoms with Gasteiger partial charge in [-0.2, -0.15) is 0 Å². The molecule has 0 unspecified atom stereocenters. The summed E-state index contributed by atoms with van der Waals surface area (Å²) in [4.78, 5) is 24.6. The number of carbonyl (C=O) groups is 2. The Bertz CT molecular complexity index is 745. The lowest BCUT2D eigenvalue weighted by molar-refractivity contribution is -0.149. The summed E-state index contributed by atoms with van der Waals surface area (Å²) < 4.78 is 17.4. The van der Waals surface area contributed by atoms with Gasteiger partial charge in [-0.3, -0.25) is 0 Å². The van der Waals surface area contributed by atoms with Crippen molar-refractivity contribution in [3.8, 4) is 0 Å². The summed E-state index contributed by atoms with van der Waals surface area (Å²) in [5.74, 6) is -1.03. The summed E-state index contributed by atoms with van der Waals surface area (Å²) in [7, 11) is 0. The van der Waals surface area contributed by atoms with E-state index in [1.807, 2.05) is 0 Å². The molecule has 4 rings (SSSR count).